The molecule has 1 fully saturated rings. The van der Waals surface area contributed by atoms with Crippen LogP contribution in [-0.4, -0.2) is 16.7 Å². The van der Waals surface area contributed by atoms with Crippen LogP contribution in [0.2, 0.25) is 0 Å². The Morgan fingerprint density at radius 2 is 1.75 bits per heavy atom. The van der Waals surface area contributed by atoms with E-state index in [0.717, 1.165) is 19.3 Å². The van der Waals surface area contributed by atoms with Gasteiger partial charge in [0.15, 0.2) is 0 Å². The second-order valence-electron chi connectivity index (χ2n) is 4.41. The summed E-state index contributed by atoms with van der Waals surface area (Å²) in [6, 6.07) is 9.01. The van der Waals surface area contributed by atoms with Crippen molar-refractivity contribution in [3.63, 3.8) is 0 Å². The molecule has 0 spiro atoms. The van der Waals surface area contributed by atoms with Crippen LogP contribution in [-0.2, 0) is 0 Å². The first-order valence-electron chi connectivity index (χ1n) is 5.80. The monoisotopic (exact) mass is 219 g/mol. The number of carbonyl (C=O) groups excluding carboxylic acids is 1. The number of carbonyl (C=O) groups is 1. The van der Waals surface area contributed by atoms with Gasteiger partial charge in [0.2, 0.25) is 0 Å². The van der Waals surface area contributed by atoms with Gasteiger partial charge < -0.3 is 10.4 Å². The largest absolute Gasteiger partial charge is 0.371 e. The molecule has 1 aromatic carbocycles. The highest BCUT2D eigenvalue weighted by Crippen LogP contribution is 2.25. The Bertz CT molecular complexity index is 355. The third-order valence-electron chi connectivity index (χ3n) is 3.06. The zero-order valence-corrected chi connectivity index (χ0v) is 9.28. The van der Waals surface area contributed by atoms with E-state index in [1.165, 1.54) is 0 Å². The number of hydrogen-bond donors (Lipinski definition) is 2. The van der Waals surface area contributed by atoms with Crippen molar-refractivity contribution in [1.29, 1.82) is 0 Å². The summed E-state index contributed by atoms with van der Waals surface area (Å²) in [6.45, 7) is 0. The lowest BCUT2D eigenvalue weighted by Crippen LogP contribution is -2.49. The molecule has 2 N–H and O–H groups in total. The molecule has 0 saturated heterocycles. The molecule has 2 rings (SSSR count). The zero-order valence-electron chi connectivity index (χ0n) is 9.28. The van der Waals surface area contributed by atoms with Crippen LogP contribution in [0.3, 0.4) is 0 Å². The van der Waals surface area contributed by atoms with Gasteiger partial charge in [-0.05, 0) is 37.8 Å². The Morgan fingerprint density at radius 3 is 2.38 bits per heavy atom. The van der Waals surface area contributed by atoms with E-state index in [2.05, 4.69) is 5.32 Å². The van der Waals surface area contributed by atoms with Crippen LogP contribution in [0.1, 0.15) is 42.5 Å². The van der Waals surface area contributed by atoms with Gasteiger partial charge in [0.05, 0.1) is 0 Å². The van der Waals surface area contributed by atoms with Gasteiger partial charge in [0.1, 0.15) is 5.72 Å². The minimum absolute atomic E-state index is 0.190. The highest BCUT2D eigenvalue weighted by atomic mass is 16.3. The molecule has 3 nitrogen and oxygen atoms in total. The van der Waals surface area contributed by atoms with Crippen molar-refractivity contribution in [2.75, 3.05) is 0 Å². The highest BCUT2D eigenvalue weighted by molar-refractivity contribution is 5.94. The number of aliphatic hydroxyl groups is 1. The maximum absolute atomic E-state index is 11.8. The number of rotatable bonds is 2. The molecule has 1 aliphatic rings. The third kappa shape index (κ3) is 2.61. The van der Waals surface area contributed by atoms with E-state index in [-0.39, 0.29) is 5.91 Å². The molecule has 0 radical (unpaired) electrons. The lowest BCUT2D eigenvalue weighted by atomic mass is 9.91. The Balaban J connectivity index is 2.01. The number of nitrogens with one attached hydrogen (secondary N) is 1. The normalized spacial score (nSPS) is 19.1. The quantitative estimate of drug-likeness (QED) is 0.748. The number of benzene rings is 1. The van der Waals surface area contributed by atoms with Crippen molar-refractivity contribution in [2.45, 2.75) is 37.8 Å². The third-order valence-corrected chi connectivity index (χ3v) is 3.06. The van der Waals surface area contributed by atoms with E-state index in [1.807, 2.05) is 18.2 Å². The van der Waals surface area contributed by atoms with Crippen molar-refractivity contribution in [3.05, 3.63) is 35.9 Å². The first kappa shape index (κ1) is 11.1. The Morgan fingerprint density at radius 1 is 1.12 bits per heavy atom. The molecule has 1 aliphatic carbocycles. The Labute approximate surface area is 95.5 Å². The van der Waals surface area contributed by atoms with E-state index in [0.29, 0.717) is 18.4 Å². The van der Waals surface area contributed by atoms with Crippen molar-refractivity contribution >= 4 is 5.91 Å². The fourth-order valence-corrected chi connectivity index (χ4v) is 2.13. The van der Waals surface area contributed by atoms with Crippen molar-refractivity contribution in [2.24, 2.45) is 0 Å². The molecule has 0 atom stereocenters. The van der Waals surface area contributed by atoms with E-state index in [1.54, 1.807) is 12.1 Å². The molecule has 3 heteroatoms. The topological polar surface area (TPSA) is 49.3 Å². The maximum atomic E-state index is 11.8. The van der Waals surface area contributed by atoms with Crippen LogP contribution < -0.4 is 5.32 Å². The SMILES string of the molecule is O=C(NC1(O)CCCCC1)c1ccccc1. The van der Waals surface area contributed by atoms with Crippen molar-refractivity contribution in [3.8, 4) is 0 Å². The molecular weight excluding hydrogens is 202 g/mol. The van der Waals surface area contributed by atoms with Crippen LogP contribution >= 0.6 is 0 Å². The Kier molecular flexibility index (Phi) is 3.25. The lowest BCUT2D eigenvalue weighted by Gasteiger charge is -2.32. The molecule has 0 heterocycles. The average molecular weight is 219 g/mol. The van der Waals surface area contributed by atoms with Gasteiger partial charge in [-0.15, -0.1) is 0 Å². The van der Waals surface area contributed by atoms with Crippen LogP contribution in [0.15, 0.2) is 30.3 Å². The predicted octanol–water partition coefficient (Wildman–Crippen LogP) is 2.07. The van der Waals surface area contributed by atoms with Crippen LogP contribution in [0.25, 0.3) is 0 Å². The molecule has 1 amide bonds. The molecule has 0 unspecified atom stereocenters. The smallest absolute Gasteiger partial charge is 0.253 e. The van der Waals surface area contributed by atoms with Gasteiger partial charge in [0.25, 0.3) is 5.91 Å². The minimum atomic E-state index is -0.995. The summed E-state index contributed by atoms with van der Waals surface area (Å²) in [6.07, 6.45) is 4.41. The summed E-state index contributed by atoms with van der Waals surface area (Å²) >= 11 is 0. The standard InChI is InChI=1S/C13H17NO2/c15-12(11-7-3-1-4-8-11)14-13(16)9-5-2-6-10-13/h1,3-4,7-8,16H,2,5-6,9-10H2,(H,14,15). The predicted molar refractivity (Wildman–Crippen MR) is 61.9 cm³/mol. The minimum Gasteiger partial charge on any atom is -0.371 e. The second kappa shape index (κ2) is 4.66. The first-order chi connectivity index (χ1) is 7.70. The molecular formula is C13H17NO2. The fraction of sp³-hybridized carbons (Fsp3) is 0.462. The van der Waals surface area contributed by atoms with Crippen molar-refractivity contribution in [1.82, 2.24) is 5.32 Å². The number of hydrogen-bond acceptors (Lipinski definition) is 2. The van der Waals surface area contributed by atoms with Gasteiger partial charge in [0, 0.05) is 5.56 Å². The molecule has 1 saturated carbocycles. The molecule has 86 valence electrons. The summed E-state index contributed by atoms with van der Waals surface area (Å²) in [5, 5.41) is 12.9. The summed E-state index contributed by atoms with van der Waals surface area (Å²) in [4.78, 5) is 11.8. The average Bonchev–Trinajstić information content (AvgIpc) is 2.30. The maximum Gasteiger partial charge on any atom is 0.253 e. The summed E-state index contributed by atoms with van der Waals surface area (Å²) in [5.74, 6) is -0.190. The molecule has 16 heavy (non-hydrogen) atoms. The summed E-state index contributed by atoms with van der Waals surface area (Å²) < 4.78 is 0. The summed E-state index contributed by atoms with van der Waals surface area (Å²) in [7, 11) is 0. The Hall–Kier alpha value is -1.35. The van der Waals surface area contributed by atoms with E-state index >= 15 is 0 Å². The number of amides is 1. The zero-order chi connectivity index (χ0) is 11.4. The summed E-state index contributed by atoms with van der Waals surface area (Å²) in [5.41, 5.74) is -0.396. The molecule has 0 bridgehead atoms. The molecule has 0 aromatic heterocycles. The van der Waals surface area contributed by atoms with Crippen LogP contribution in [0, 0.1) is 0 Å². The van der Waals surface area contributed by atoms with Gasteiger partial charge in [-0.3, -0.25) is 4.79 Å². The fourth-order valence-electron chi connectivity index (χ4n) is 2.13. The van der Waals surface area contributed by atoms with Gasteiger partial charge in [-0.25, -0.2) is 0 Å². The van der Waals surface area contributed by atoms with Crippen LogP contribution in [0.5, 0.6) is 0 Å². The van der Waals surface area contributed by atoms with Crippen molar-refractivity contribution < 1.29 is 9.90 Å². The second-order valence-corrected chi connectivity index (χ2v) is 4.41. The van der Waals surface area contributed by atoms with Gasteiger partial charge >= 0.3 is 0 Å². The van der Waals surface area contributed by atoms with E-state index in [4.69, 9.17) is 0 Å². The van der Waals surface area contributed by atoms with E-state index in [9.17, 15) is 9.90 Å². The molecule has 1 aromatic rings. The van der Waals surface area contributed by atoms with Crippen LogP contribution in [0.4, 0.5) is 0 Å². The van der Waals surface area contributed by atoms with Gasteiger partial charge in [-0.2, -0.15) is 0 Å². The van der Waals surface area contributed by atoms with Gasteiger partial charge in [-0.1, -0.05) is 24.6 Å². The highest BCUT2D eigenvalue weighted by Gasteiger charge is 2.30. The molecule has 0 aliphatic heterocycles. The van der Waals surface area contributed by atoms with E-state index < -0.39 is 5.72 Å². The lowest BCUT2D eigenvalue weighted by molar-refractivity contribution is -0.0219. The first-order valence-corrected chi connectivity index (χ1v) is 5.80.